The summed E-state index contributed by atoms with van der Waals surface area (Å²) in [5, 5.41) is 11.1. The average Bonchev–Trinajstić information content (AvgIpc) is 2.72. The van der Waals surface area contributed by atoms with Gasteiger partial charge in [0.15, 0.2) is 0 Å². The molecule has 2 atom stereocenters. The van der Waals surface area contributed by atoms with E-state index in [9.17, 15) is 13.5 Å². The van der Waals surface area contributed by atoms with Gasteiger partial charge < -0.3 is 14.6 Å². The van der Waals surface area contributed by atoms with Crippen molar-refractivity contribution in [2.75, 3.05) is 50.5 Å². The molecule has 0 radical (unpaired) electrons. The molecule has 9 heteroatoms. The highest BCUT2D eigenvalue weighted by Crippen LogP contribution is 2.25. The van der Waals surface area contributed by atoms with Crippen LogP contribution in [0.2, 0.25) is 5.02 Å². The molecule has 3 rings (SSSR count). The Hall–Kier alpha value is -1.84. The second kappa shape index (κ2) is 9.98. The van der Waals surface area contributed by atoms with Gasteiger partial charge in [-0.2, -0.15) is 0 Å². The second-order valence-corrected chi connectivity index (χ2v) is 9.81. The van der Waals surface area contributed by atoms with Crippen molar-refractivity contribution in [3.63, 3.8) is 0 Å². The van der Waals surface area contributed by atoms with Gasteiger partial charge in [0.05, 0.1) is 24.7 Å². The lowest BCUT2D eigenvalue weighted by Gasteiger charge is -2.34. The first-order valence-electron chi connectivity index (χ1n) is 9.66. The number of ether oxygens (including phenoxy) is 2. The highest BCUT2D eigenvalue weighted by molar-refractivity contribution is 7.92. The molecule has 0 amide bonds. The van der Waals surface area contributed by atoms with Crippen molar-refractivity contribution in [1.82, 2.24) is 4.90 Å². The molecule has 1 aliphatic rings. The molecule has 0 bridgehead atoms. The van der Waals surface area contributed by atoms with E-state index in [1.54, 1.807) is 24.3 Å². The molecule has 1 saturated heterocycles. The largest absolute Gasteiger partial charge is 0.491 e. The Labute approximate surface area is 182 Å². The second-order valence-electron chi connectivity index (χ2n) is 7.36. The van der Waals surface area contributed by atoms with Gasteiger partial charge >= 0.3 is 0 Å². The molecule has 164 valence electrons. The van der Waals surface area contributed by atoms with E-state index in [0.717, 1.165) is 18.4 Å². The molecule has 1 N–H and O–H groups in total. The van der Waals surface area contributed by atoms with Crippen LogP contribution in [0.15, 0.2) is 48.5 Å². The van der Waals surface area contributed by atoms with Crippen molar-refractivity contribution in [2.24, 2.45) is 0 Å². The summed E-state index contributed by atoms with van der Waals surface area (Å²) < 4.78 is 35.9. The third kappa shape index (κ3) is 6.33. The van der Waals surface area contributed by atoms with Crippen LogP contribution in [0, 0.1) is 0 Å². The lowest BCUT2D eigenvalue weighted by Crippen LogP contribution is -2.43. The molecular formula is C21H27ClN2O5S. The van der Waals surface area contributed by atoms with E-state index < -0.39 is 16.1 Å². The van der Waals surface area contributed by atoms with Crippen LogP contribution in [-0.2, 0) is 14.8 Å². The Balaban J connectivity index is 1.49. The topological polar surface area (TPSA) is 79.3 Å². The lowest BCUT2D eigenvalue weighted by atomic mass is 10.1. The van der Waals surface area contributed by atoms with Gasteiger partial charge in [-0.25, -0.2) is 8.42 Å². The van der Waals surface area contributed by atoms with Gasteiger partial charge in [0.2, 0.25) is 10.0 Å². The van der Waals surface area contributed by atoms with Crippen LogP contribution in [0.25, 0.3) is 0 Å². The van der Waals surface area contributed by atoms with E-state index in [0.29, 0.717) is 36.2 Å². The predicted octanol–water partition coefficient (Wildman–Crippen LogP) is 2.55. The first kappa shape index (κ1) is 22.8. The minimum absolute atomic E-state index is 0.0788. The number of morpholine rings is 1. The maximum Gasteiger partial charge on any atom is 0.231 e. The molecule has 2 aromatic carbocycles. The summed E-state index contributed by atoms with van der Waals surface area (Å²) in [6.07, 6.45) is 0.405. The lowest BCUT2D eigenvalue weighted by molar-refractivity contribution is -0.0459. The SMILES string of the molecule is CN(c1ccc(OCC(O)CN2CCO[C@@H](c3cccc(Cl)c3)C2)cc1)S(C)(=O)=O. The number of aliphatic hydroxyl groups is 1. The third-order valence-electron chi connectivity index (χ3n) is 4.98. The van der Waals surface area contributed by atoms with Crippen molar-refractivity contribution in [1.29, 1.82) is 0 Å². The monoisotopic (exact) mass is 454 g/mol. The number of β-amino-alcohol motifs (C(OH)–C–C–N with tert-alkyl or cyclic N) is 1. The molecule has 30 heavy (non-hydrogen) atoms. The first-order valence-corrected chi connectivity index (χ1v) is 11.9. The van der Waals surface area contributed by atoms with Crippen molar-refractivity contribution in [3.05, 3.63) is 59.1 Å². The zero-order valence-electron chi connectivity index (χ0n) is 17.1. The maximum atomic E-state index is 11.6. The number of benzene rings is 2. The number of anilines is 1. The Kier molecular flexibility index (Phi) is 7.60. The van der Waals surface area contributed by atoms with Crippen molar-refractivity contribution in [2.45, 2.75) is 12.2 Å². The zero-order valence-corrected chi connectivity index (χ0v) is 18.6. The van der Waals surface area contributed by atoms with Crippen molar-refractivity contribution >= 4 is 27.3 Å². The zero-order chi connectivity index (χ0) is 21.7. The third-order valence-corrected chi connectivity index (χ3v) is 6.42. The summed E-state index contributed by atoms with van der Waals surface area (Å²) in [4.78, 5) is 2.15. The standard InChI is InChI=1S/C21H27ClN2O5S/c1-23(30(2,26)27)18-6-8-20(9-7-18)29-15-19(25)13-24-10-11-28-21(14-24)16-4-3-5-17(22)12-16/h3-9,12,19,21,25H,10-11,13-15H2,1-2H3/t19?,21-/m1/s1. The van der Waals surface area contributed by atoms with Gasteiger partial charge in [-0.05, 0) is 42.0 Å². The van der Waals surface area contributed by atoms with E-state index in [-0.39, 0.29) is 12.7 Å². The predicted molar refractivity (Wildman–Crippen MR) is 118 cm³/mol. The van der Waals surface area contributed by atoms with Gasteiger partial charge in [-0.3, -0.25) is 9.21 Å². The van der Waals surface area contributed by atoms with Gasteiger partial charge in [0.25, 0.3) is 0 Å². The number of aliphatic hydroxyl groups excluding tert-OH is 1. The number of rotatable bonds is 8. The fourth-order valence-corrected chi connectivity index (χ4v) is 3.97. The maximum absolute atomic E-state index is 11.6. The molecule has 0 spiro atoms. The minimum atomic E-state index is -3.31. The summed E-state index contributed by atoms with van der Waals surface area (Å²) in [5.74, 6) is 0.568. The molecule has 1 aliphatic heterocycles. The molecule has 2 aromatic rings. The molecule has 0 aromatic heterocycles. The van der Waals surface area contributed by atoms with Crippen LogP contribution in [0.4, 0.5) is 5.69 Å². The quantitative estimate of drug-likeness (QED) is 0.660. The molecule has 0 aliphatic carbocycles. The van der Waals surface area contributed by atoms with Crippen molar-refractivity contribution < 1.29 is 23.0 Å². The van der Waals surface area contributed by atoms with E-state index in [1.165, 1.54) is 11.4 Å². The Morgan fingerprint density at radius 1 is 1.30 bits per heavy atom. The van der Waals surface area contributed by atoms with E-state index in [1.807, 2.05) is 24.3 Å². The van der Waals surface area contributed by atoms with Crippen LogP contribution in [0.3, 0.4) is 0 Å². The molecular weight excluding hydrogens is 428 g/mol. The Morgan fingerprint density at radius 2 is 2.03 bits per heavy atom. The highest BCUT2D eigenvalue weighted by Gasteiger charge is 2.24. The number of hydrogen-bond acceptors (Lipinski definition) is 6. The fraction of sp³-hybridized carbons (Fsp3) is 0.429. The Bertz CT molecular complexity index is 939. The fourth-order valence-electron chi connectivity index (χ4n) is 3.26. The molecule has 1 fully saturated rings. The molecule has 1 heterocycles. The molecule has 1 unspecified atom stereocenters. The normalized spacial score (nSPS) is 18.7. The molecule has 0 saturated carbocycles. The number of nitrogens with zero attached hydrogens (tertiary/aromatic N) is 2. The van der Waals surface area contributed by atoms with Crippen LogP contribution < -0.4 is 9.04 Å². The summed E-state index contributed by atoms with van der Waals surface area (Å²) in [6, 6.07) is 14.3. The summed E-state index contributed by atoms with van der Waals surface area (Å²) >= 11 is 6.08. The first-order chi connectivity index (χ1) is 14.2. The van der Waals surface area contributed by atoms with E-state index in [4.69, 9.17) is 21.1 Å². The summed E-state index contributed by atoms with van der Waals surface area (Å²) in [7, 11) is -1.81. The number of halogens is 1. The minimum Gasteiger partial charge on any atom is -0.491 e. The Morgan fingerprint density at radius 3 is 2.70 bits per heavy atom. The van der Waals surface area contributed by atoms with Crippen molar-refractivity contribution in [3.8, 4) is 5.75 Å². The van der Waals surface area contributed by atoms with Crippen LogP contribution in [0.1, 0.15) is 11.7 Å². The average molecular weight is 455 g/mol. The van der Waals surface area contributed by atoms with E-state index >= 15 is 0 Å². The number of sulfonamides is 1. The van der Waals surface area contributed by atoms with E-state index in [2.05, 4.69) is 4.90 Å². The van der Waals surface area contributed by atoms with Gasteiger partial charge in [-0.15, -0.1) is 0 Å². The van der Waals surface area contributed by atoms with Gasteiger partial charge in [-0.1, -0.05) is 23.7 Å². The number of hydrogen-bond donors (Lipinski definition) is 1. The molecule has 7 nitrogen and oxygen atoms in total. The smallest absolute Gasteiger partial charge is 0.231 e. The van der Waals surface area contributed by atoms with Crippen LogP contribution in [0.5, 0.6) is 5.75 Å². The van der Waals surface area contributed by atoms with Crippen LogP contribution in [-0.4, -0.2) is 70.7 Å². The summed E-state index contributed by atoms with van der Waals surface area (Å²) in [6.45, 7) is 2.60. The van der Waals surface area contributed by atoms with Gasteiger partial charge in [0.1, 0.15) is 18.5 Å². The summed E-state index contributed by atoms with van der Waals surface area (Å²) in [5.41, 5.74) is 1.57. The highest BCUT2D eigenvalue weighted by atomic mass is 35.5. The van der Waals surface area contributed by atoms with Crippen LogP contribution >= 0.6 is 11.6 Å². The van der Waals surface area contributed by atoms with Gasteiger partial charge in [0, 0.05) is 31.7 Å².